The van der Waals surface area contributed by atoms with Gasteiger partial charge < -0.3 is 9.84 Å². The third-order valence-corrected chi connectivity index (χ3v) is 5.78. The van der Waals surface area contributed by atoms with Crippen LogP contribution in [0.5, 0.6) is 11.5 Å². The van der Waals surface area contributed by atoms with Gasteiger partial charge in [-0.1, -0.05) is 48.4 Å². The highest BCUT2D eigenvalue weighted by Crippen LogP contribution is 2.25. The minimum absolute atomic E-state index is 0.297. The summed E-state index contributed by atoms with van der Waals surface area (Å²) in [5.74, 6) is 1.19. The van der Waals surface area contributed by atoms with Crippen molar-refractivity contribution < 1.29 is 9.84 Å². The number of fused-ring (bicyclic) bond motifs is 1. The lowest BCUT2D eigenvalue weighted by Crippen LogP contribution is -2.43. The molecular weight excluding hydrogens is 346 g/mol. The van der Waals surface area contributed by atoms with Crippen LogP contribution in [0.25, 0.3) is 10.8 Å². The molecule has 4 rings (SSSR count). The quantitative estimate of drug-likeness (QED) is 0.632. The third-order valence-electron chi connectivity index (χ3n) is 5.78. The lowest BCUT2D eigenvalue weighted by atomic mass is 9.95. The fourth-order valence-electron chi connectivity index (χ4n) is 4.16. The molecule has 0 bridgehead atoms. The zero-order valence-electron chi connectivity index (χ0n) is 16.6. The van der Waals surface area contributed by atoms with Gasteiger partial charge in [0.05, 0.1) is 0 Å². The van der Waals surface area contributed by atoms with Crippen LogP contribution in [-0.4, -0.2) is 35.7 Å². The first-order valence-electron chi connectivity index (χ1n) is 10.3. The van der Waals surface area contributed by atoms with Crippen molar-refractivity contribution >= 4 is 10.8 Å². The van der Waals surface area contributed by atoms with Crippen LogP contribution in [0.3, 0.4) is 0 Å². The van der Waals surface area contributed by atoms with Crippen molar-refractivity contribution in [1.82, 2.24) is 4.90 Å². The predicted molar refractivity (Wildman–Crippen MR) is 115 cm³/mol. The standard InChI is InChI=1S/C25H29NO2/c1-19-5-7-20(8-6-19)16-23-4-2-3-13-26(23)14-15-28-25-12-10-21-17-24(27)11-9-22(21)18-25/h5-12,17-18,23,27H,2-4,13-16H2,1H3. The van der Waals surface area contributed by atoms with Crippen molar-refractivity contribution in [3.8, 4) is 11.5 Å². The molecule has 0 aromatic heterocycles. The van der Waals surface area contributed by atoms with Crippen molar-refractivity contribution in [2.45, 2.75) is 38.6 Å². The number of aryl methyl sites for hydroxylation is 1. The molecular formula is C25H29NO2. The highest BCUT2D eigenvalue weighted by molar-refractivity contribution is 5.85. The molecule has 0 aliphatic carbocycles. The smallest absolute Gasteiger partial charge is 0.120 e. The topological polar surface area (TPSA) is 32.7 Å². The number of nitrogens with zero attached hydrogens (tertiary/aromatic N) is 1. The molecule has 146 valence electrons. The van der Waals surface area contributed by atoms with Gasteiger partial charge in [0.25, 0.3) is 0 Å². The van der Waals surface area contributed by atoms with Crippen LogP contribution in [0.4, 0.5) is 0 Å². The summed E-state index contributed by atoms with van der Waals surface area (Å²) in [4.78, 5) is 2.60. The highest BCUT2D eigenvalue weighted by atomic mass is 16.5. The molecule has 1 atom stereocenters. The highest BCUT2D eigenvalue weighted by Gasteiger charge is 2.22. The maximum absolute atomic E-state index is 9.59. The van der Waals surface area contributed by atoms with Gasteiger partial charge in [-0.3, -0.25) is 4.90 Å². The molecule has 3 heteroatoms. The molecule has 1 unspecified atom stereocenters. The lowest BCUT2D eigenvalue weighted by Gasteiger charge is -2.35. The Morgan fingerprint density at radius 1 is 0.964 bits per heavy atom. The number of ether oxygens (including phenoxy) is 1. The second kappa shape index (κ2) is 8.66. The molecule has 28 heavy (non-hydrogen) atoms. The van der Waals surface area contributed by atoms with Gasteiger partial charge in [0, 0.05) is 12.6 Å². The number of hydrogen-bond donors (Lipinski definition) is 1. The minimum Gasteiger partial charge on any atom is -0.508 e. The molecule has 1 fully saturated rings. The monoisotopic (exact) mass is 375 g/mol. The van der Waals surface area contributed by atoms with Crippen molar-refractivity contribution in [1.29, 1.82) is 0 Å². The SMILES string of the molecule is Cc1ccc(CC2CCCCN2CCOc2ccc3cc(O)ccc3c2)cc1. The van der Waals surface area contributed by atoms with E-state index < -0.39 is 0 Å². The molecule has 1 saturated heterocycles. The summed E-state index contributed by atoms with van der Waals surface area (Å²) < 4.78 is 6.06. The van der Waals surface area contributed by atoms with Gasteiger partial charge in [0.2, 0.25) is 0 Å². The number of hydrogen-bond acceptors (Lipinski definition) is 3. The normalized spacial score (nSPS) is 17.7. The number of phenolic OH excluding ortho intramolecular Hbond substituents is 1. The zero-order chi connectivity index (χ0) is 19.3. The molecule has 3 aromatic rings. The Kier molecular flexibility index (Phi) is 5.82. The van der Waals surface area contributed by atoms with E-state index >= 15 is 0 Å². The summed E-state index contributed by atoms with van der Waals surface area (Å²) >= 11 is 0. The summed E-state index contributed by atoms with van der Waals surface area (Å²) in [6.45, 7) is 4.97. The first-order valence-corrected chi connectivity index (χ1v) is 10.3. The van der Waals surface area contributed by atoms with E-state index in [0.717, 1.165) is 36.0 Å². The molecule has 3 aromatic carbocycles. The third kappa shape index (κ3) is 4.66. The average molecular weight is 376 g/mol. The van der Waals surface area contributed by atoms with Crippen molar-refractivity contribution in [2.75, 3.05) is 19.7 Å². The number of likely N-dealkylation sites (tertiary alicyclic amines) is 1. The molecule has 0 radical (unpaired) electrons. The van der Waals surface area contributed by atoms with Gasteiger partial charge in [-0.15, -0.1) is 0 Å². The van der Waals surface area contributed by atoms with Crippen molar-refractivity contribution in [3.05, 3.63) is 71.8 Å². The first-order chi connectivity index (χ1) is 13.7. The van der Waals surface area contributed by atoms with Gasteiger partial charge in [0.15, 0.2) is 0 Å². The number of piperidine rings is 1. The molecule has 0 spiro atoms. The lowest BCUT2D eigenvalue weighted by molar-refractivity contribution is 0.122. The van der Waals surface area contributed by atoms with E-state index in [1.807, 2.05) is 18.2 Å². The molecule has 0 amide bonds. The van der Waals surface area contributed by atoms with E-state index in [1.165, 1.54) is 30.4 Å². The van der Waals surface area contributed by atoms with Crippen LogP contribution < -0.4 is 4.74 Å². The Labute approximate surface area is 167 Å². The second-order valence-corrected chi connectivity index (χ2v) is 7.92. The molecule has 1 aliphatic heterocycles. The molecule has 1 N–H and O–H groups in total. The number of phenols is 1. The molecule has 0 saturated carbocycles. The van der Waals surface area contributed by atoms with E-state index in [-0.39, 0.29) is 0 Å². The average Bonchev–Trinajstić information content (AvgIpc) is 2.71. The Balaban J connectivity index is 1.34. The van der Waals surface area contributed by atoms with Gasteiger partial charge in [-0.05, 0) is 73.3 Å². The molecule has 3 nitrogen and oxygen atoms in total. The Bertz CT molecular complexity index is 919. The Hall–Kier alpha value is -2.52. The Morgan fingerprint density at radius 2 is 1.75 bits per heavy atom. The number of aromatic hydroxyl groups is 1. The molecule has 1 heterocycles. The summed E-state index contributed by atoms with van der Waals surface area (Å²) in [6, 6.07) is 21.0. The number of rotatable bonds is 6. The van der Waals surface area contributed by atoms with Gasteiger partial charge in [-0.25, -0.2) is 0 Å². The van der Waals surface area contributed by atoms with Crippen LogP contribution in [0.15, 0.2) is 60.7 Å². The van der Waals surface area contributed by atoms with Gasteiger partial charge in [-0.2, -0.15) is 0 Å². The van der Waals surface area contributed by atoms with Crippen molar-refractivity contribution in [2.24, 2.45) is 0 Å². The molecule has 1 aliphatic rings. The number of benzene rings is 3. The van der Waals surface area contributed by atoms with Crippen LogP contribution in [0.1, 0.15) is 30.4 Å². The first kappa shape index (κ1) is 18.8. The predicted octanol–water partition coefficient (Wildman–Crippen LogP) is 5.33. The second-order valence-electron chi connectivity index (χ2n) is 7.92. The maximum Gasteiger partial charge on any atom is 0.120 e. The van der Waals surface area contributed by atoms with E-state index in [9.17, 15) is 5.11 Å². The van der Waals surface area contributed by atoms with Crippen molar-refractivity contribution in [3.63, 3.8) is 0 Å². The van der Waals surface area contributed by atoms with E-state index in [1.54, 1.807) is 12.1 Å². The van der Waals surface area contributed by atoms with Crippen LogP contribution >= 0.6 is 0 Å². The maximum atomic E-state index is 9.59. The summed E-state index contributed by atoms with van der Waals surface area (Å²) in [5.41, 5.74) is 2.75. The fraction of sp³-hybridized carbons (Fsp3) is 0.360. The fourth-order valence-corrected chi connectivity index (χ4v) is 4.16. The van der Waals surface area contributed by atoms with E-state index in [0.29, 0.717) is 18.4 Å². The minimum atomic E-state index is 0.297. The van der Waals surface area contributed by atoms with Crippen LogP contribution in [-0.2, 0) is 6.42 Å². The van der Waals surface area contributed by atoms with Gasteiger partial charge >= 0.3 is 0 Å². The summed E-state index contributed by atoms with van der Waals surface area (Å²) in [6.07, 6.45) is 5.00. The van der Waals surface area contributed by atoms with Crippen LogP contribution in [0.2, 0.25) is 0 Å². The zero-order valence-corrected chi connectivity index (χ0v) is 16.6. The summed E-state index contributed by atoms with van der Waals surface area (Å²) in [5, 5.41) is 11.7. The van der Waals surface area contributed by atoms with Gasteiger partial charge in [0.1, 0.15) is 18.1 Å². The Morgan fingerprint density at radius 3 is 2.61 bits per heavy atom. The largest absolute Gasteiger partial charge is 0.508 e. The van der Waals surface area contributed by atoms with Crippen LogP contribution in [0, 0.1) is 6.92 Å². The summed E-state index contributed by atoms with van der Waals surface area (Å²) in [7, 11) is 0. The van der Waals surface area contributed by atoms with E-state index in [2.05, 4.69) is 42.2 Å². The van der Waals surface area contributed by atoms with E-state index in [4.69, 9.17) is 4.74 Å².